The molecule has 9 heteroatoms. The van der Waals surface area contributed by atoms with Crippen molar-refractivity contribution in [2.24, 2.45) is 0 Å². The minimum atomic E-state index is -0.610. The molecule has 0 fully saturated rings. The molecule has 138 valence electrons. The highest BCUT2D eigenvalue weighted by molar-refractivity contribution is 7.98. The van der Waals surface area contributed by atoms with Crippen LogP contribution in [0.5, 0.6) is 0 Å². The molecule has 8 nitrogen and oxygen atoms in total. The van der Waals surface area contributed by atoms with E-state index in [0.29, 0.717) is 22.2 Å². The Morgan fingerprint density at radius 1 is 1.18 bits per heavy atom. The molecule has 3 rings (SSSR count). The first-order chi connectivity index (χ1) is 13.6. The molecule has 0 saturated carbocycles. The highest BCUT2D eigenvalue weighted by Crippen LogP contribution is 2.37. The standard InChI is InChI=1S/C19H13N5O3S/c1-22-18-14(9-20)17(12-5-3-2-4-6-12)15(10-21)19(23-18)28-11-13-7-8-16(27-13)24(25)26/h2-8H,11H2,1H3,(H,22,23). The predicted molar refractivity (Wildman–Crippen MR) is 104 cm³/mol. The third-order valence-electron chi connectivity index (χ3n) is 3.87. The molecule has 3 aromatic rings. The summed E-state index contributed by atoms with van der Waals surface area (Å²) >= 11 is 1.21. The SMILES string of the molecule is CNc1nc(SCc2ccc([N+](=O)[O-])o2)c(C#N)c(-c2ccccc2)c1C#N. The Labute approximate surface area is 164 Å². The van der Waals surface area contributed by atoms with Gasteiger partial charge in [-0.1, -0.05) is 42.1 Å². The average molecular weight is 391 g/mol. The van der Waals surface area contributed by atoms with Gasteiger partial charge in [0.15, 0.2) is 0 Å². The number of nitro groups is 1. The van der Waals surface area contributed by atoms with Crippen LogP contribution < -0.4 is 5.32 Å². The quantitative estimate of drug-likeness (QED) is 0.373. The van der Waals surface area contributed by atoms with Crippen molar-refractivity contribution in [2.75, 3.05) is 12.4 Å². The van der Waals surface area contributed by atoms with E-state index in [1.54, 1.807) is 7.05 Å². The Morgan fingerprint density at radius 2 is 1.89 bits per heavy atom. The summed E-state index contributed by atoms with van der Waals surface area (Å²) in [4.78, 5) is 14.6. The topological polar surface area (TPSA) is 129 Å². The molecule has 0 atom stereocenters. The number of anilines is 1. The third kappa shape index (κ3) is 3.65. The van der Waals surface area contributed by atoms with E-state index in [1.807, 2.05) is 30.3 Å². The normalized spacial score (nSPS) is 10.1. The van der Waals surface area contributed by atoms with Gasteiger partial charge in [-0.05, 0) is 11.6 Å². The van der Waals surface area contributed by atoms with Crippen LogP contribution in [0.3, 0.4) is 0 Å². The van der Waals surface area contributed by atoms with Gasteiger partial charge in [-0.2, -0.15) is 10.5 Å². The fourth-order valence-corrected chi connectivity index (χ4v) is 3.52. The summed E-state index contributed by atoms with van der Waals surface area (Å²) in [6.45, 7) is 0. The van der Waals surface area contributed by atoms with Crippen LogP contribution in [0, 0.1) is 32.8 Å². The van der Waals surface area contributed by atoms with Gasteiger partial charge in [0, 0.05) is 12.6 Å². The van der Waals surface area contributed by atoms with Gasteiger partial charge in [0.05, 0.1) is 17.4 Å². The number of hydrogen-bond acceptors (Lipinski definition) is 8. The van der Waals surface area contributed by atoms with E-state index in [-0.39, 0.29) is 22.8 Å². The van der Waals surface area contributed by atoms with E-state index in [0.717, 1.165) is 5.56 Å². The first-order valence-electron chi connectivity index (χ1n) is 8.06. The van der Waals surface area contributed by atoms with Crippen molar-refractivity contribution in [1.29, 1.82) is 10.5 Å². The molecule has 2 heterocycles. The molecule has 0 aliphatic heterocycles. The number of nitriles is 2. The van der Waals surface area contributed by atoms with Crippen LogP contribution in [0.1, 0.15) is 16.9 Å². The van der Waals surface area contributed by atoms with Crippen molar-refractivity contribution in [3.8, 4) is 23.3 Å². The van der Waals surface area contributed by atoms with Gasteiger partial charge < -0.3 is 9.73 Å². The maximum Gasteiger partial charge on any atom is 0.433 e. The molecule has 0 amide bonds. The molecule has 0 radical (unpaired) electrons. The number of rotatable bonds is 6. The van der Waals surface area contributed by atoms with Gasteiger partial charge in [-0.15, -0.1) is 0 Å². The number of thioether (sulfide) groups is 1. The summed E-state index contributed by atoms with van der Waals surface area (Å²) in [5.41, 5.74) is 1.78. The number of aromatic nitrogens is 1. The Bertz CT molecular complexity index is 1110. The van der Waals surface area contributed by atoms with E-state index >= 15 is 0 Å². The summed E-state index contributed by atoms with van der Waals surface area (Å²) in [5, 5.41) is 33.5. The van der Waals surface area contributed by atoms with Gasteiger partial charge >= 0.3 is 5.88 Å². The zero-order valence-electron chi connectivity index (χ0n) is 14.7. The molecule has 0 aliphatic rings. The van der Waals surface area contributed by atoms with Gasteiger partial charge in [0.1, 0.15) is 39.2 Å². The molecule has 1 N–H and O–H groups in total. The lowest BCUT2D eigenvalue weighted by atomic mass is 9.97. The Kier molecular flexibility index (Phi) is 5.58. The van der Waals surface area contributed by atoms with Gasteiger partial charge in [-0.25, -0.2) is 4.98 Å². The predicted octanol–water partition coefficient (Wildman–Crippen LogP) is 4.33. The van der Waals surface area contributed by atoms with Crippen LogP contribution in [-0.2, 0) is 5.75 Å². The molecular formula is C19H13N5O3S. The number of benzene rings is 1. The molecule has 2 aromatic heterocycles. The first kappa shape index (κ1) is 19.0. The van der Waals surface area contributed by atoms with Crippen LogP contribution in [0.25, 0.3) is 11.1 Å². The monoisotopic (exact) mass is 391 g/mol. The number of nitrogens with one attached hydrogen (secondary N) is 1. The molecule has 28 heavy (non-hydrogen) atoms. The Morgan fingerprint density at radius 3 is 2.46 bits per heavy atom. The summed E-state index contributed by atoms with van der Waals surface area (Å²) in [6, 6.07) is 16.2. The van der Waals surface area contributed by atoms with Crippen molar-refractivity contribution in [1.82, 2.24) is 4.98 Å². The maximum atomic E-state index is 10.8. The number of hydrogen-bond donors (Lipinski definition) is 1. The number of furan rings is 1. The molecule has 0 unspecified atom stereocenters. The van der Waals surface area contributed by atoms with E-state index in [9.17, 15) is 20.6 Å². The van der Waals surface area contributed by atoms with E-state index in [4.69, 9.17) is 4.42 Å². The second-order valence-electron chi connectivity index (χ2n) is 5.52. The summed E-state index contributed by atoms with van der Waals surface area (Å²) < 4.78 is 5.16. The molecule has 0 aliphatic carbocycles. The molecule has 0 spiro atoms. The van der Waals surface area contributed by atoms with E-state index < -0.39 is 4.92 Å². The van der Waals surface area contributed by atoms with E-state index in [2.05, 4.69) is 22.4 Å². The molecule has 0 saturated heterocycles. The highest BCUT2D eigenvalue weighted by atomic mass is 32.2. The Balaban J connectivity index is 2.07. The van der Waals surface area contributed by atoms with Crippen LogP contribution >= 0.6 is 11.8 Å². The fourth-order valence-electron chi connectivity index (χ4n) is 2.64. The van der Waals surface area contributed by atoms with Crippen LogP contribution in [0.2, 0.25) is 0 Å². The van der Waals surface area contributed by atoms with Crippen molar-refractivity contribution in [3.05, 3.63) is 69.5 Å². The highest BCUT2D eigenvalue weighted by Gasteiger charge is 2.22. The first-order valence-corrected chi connectivity index (χ1v) is 9.04. The smallest absolute Gasteiger partial charge is 0.405 e. The lowest BCUT2D eigenvalue weighted by molar-refractivity contribution is -0.402. The second kappa shape index (κ2) is 8.25. The number of pyridine rings is 1. The van der Waals surface area contributed by atoms with E-state index in [1.165, 1.54) is 23.9 Å². The van der Waals surface area contributed by atoms with Crippen LogP contribution in [-0.4, -0.2) is 17.0 Å². The molecular weight excluding hydrogens is 378 g/mol. The molecule has 0 bridgehead atoms. The largest absolute Gasteiger partial charge is 0.433 e. The lowest BCUT2D eigenvalue weighted by Crippen LogP contribution is -2.03. The lowest BCUT2D eigenvalue weighted by Gasteiger charge is -2.14. The summed E-state index contributed by atoms with van der Waals surface area (Å²) in [7, 11) is 1.65. The van der Waals surface area contributed by atoms with Crippen molar-refractivity contribution >= 4 is 23.5 Å². The summed E-state index contributed by atoms with van der Waals surface area (Å²) in [6.07, 6.45) is 0. The summed E-state index contributed by atoms with van der Waals surface area (Å²) in [5.74, 6) is 0.649. The fraction of sp³-hybridized carbons (Fsp3) is 0.105. The minimum Gasteiger partial charge on any atom is -0.405 e. The zero-order valence-corrected chi connectivity index (χ0v) is 15.5. The van der Waals surface area contributed by atoms with Gasteiger partial charge in [-0.3, -0.25) is 10.1 Å². The maximum absolute atomic E-state index is 10.8. The van der Waals surface area contributed by atoms with Gasteiger partial charge in [0.2, 0.25) is 0 Å². The van der Waals surface area contributed by atoms with Crippen molar-refractivity contribution < 1.29 is 9.34 Å². The Hall–Kier alpha value is -3.82. The second-order valence-corrected chi connectivity index (χ2v) is 6.48. The average Bonchev–Trinajstić information content (AvgIpc) is 3.21. The van der Waals surface area contributed by atoms with Crippen LogP contribution in [0.15, 0.2) is 51.9 Å². The van der Waals surface area contributed by atoms with Crippen molar-refractivity contribution in [3.63, 3.8) is 0 Å². The van der Waals surface area contributed by atoms with Gasteiger partial charge in [0.25, 0.3) is 0 Å². The third-order valence-corrected chi connectivity index (χ3v) is 4.86. The van der Waals surface area contributed by atoms with Crippen LogP contribution in [0.4, 0.5) is 11.7 Å². The minimum absolute atomic E-state index is 0.249. The number of nitrogens with zero attached hydrogens (tertiary/aromatic N) is 4. The molecule has 1 aromatic carbocycles. The zero-order chi connectivity index (χ0) is 20.1. The van der Waals surface area contributed by atoms with Crippen molar-refractivity contribution in [2.45, 2.75) is 10.8 Å².